The molecule has 0 saturated carbocycles. The van der Waals surface area contributed by atoms with Gasteiger partial charge in [0.25, 0.3) is 5.69 Å². The quantitative estimate of drug-likeness (QED) is 0.343. The molecule has 27 heavy (non-hydrogen) atoms. The molecular weight excluding hydrogens is 346 g/mol. The minimum atomic E-state index is -0.369. The van der Waals surface area contributed by atoms with Crippen LogP contribution in [0.3, 0.4) is 0 Å². The predicted octanol–water partition coefficient (Wildman–Crippen LogP) is 3.18. The molecule has 1 aromatic heterocycles. The maximum Gasteiger partial charge on any atom is 0.293 e. The van der Waals surface area contributed by atoms with Crippen LogP contribution in [0.15, 0.2) is 48.5 Å². The van der Waals surface area contributed by atoms with Gasteiger partial charge in [-0.15, -0.1) is 0 Å². The van der Waals surface area contributed by atoms with E-state index in [0.717, 1.165) is 22.2 Å². The highest BCUT2D eigenvalue weighted by Crippen LogP contribution is 2.31. The zero-order chi connectivity index (χ0) is 19.2. The molecule has 0 saturated heterocycles. The number of nitro benzene ring substituents is 1. The molecule has 0 aliphatic rings. The van der Waals surface area contributed by atoms with Crippen LogP contribution in [-0.2, 0) is 11.3 Å². The third-order valence-electron chi connectivity index (χ3n) is 4.42. The first-order valence-corrected chi connectivity index (χ1v) is 8.81. The number of fused-ring (bicyclic) bond motifs is 1. The monoisotopic (exact) mass is 369 g/mol. The van der Waals surface area contributed by atoms with Gasteiger partial charge in [-0.25, -0.2) is 0 Å². The van der Waals surface area contributed by atoms with Crippen LogP contribution < -0.4 is 0 Å². The Morgan fingerprint density at radius 1 is 1.19 bits per heavy atom. The first-order chi connectivity index (χ1) is 13.1. The lowest BCUT2D eigenvalue weighted by Crippen LogP contribution is -2.26. The molecule has 0 bridgehead atoms. The van der Waals surface area contributed by atoms with Crippen molar-refractivity contribution in [3.05, 3.63) is 64.2 Å². The number of H-pyrrole nitrogens is 1. The van der Waals surface area contributed by atoms with E-state index in [0.29, 0.717) is 31.8 Å². The molecule has 0 aliphatic heterocycles. The van der Waals surface area contributed by atoms with E-state index in [1.54, 1.807) is 6.07 Å². The molecule has 7 nitrogen and oxygen atoms in total. The van der Waals surface area contributed by atoms with Gasteiger partial charge in [0.15, 0.2) is 0 Å². The van der Waals surface area contributed by atoms with Crippen molar-refractivity contribution in [1.29, 1.82) is 0 Å². The van der Waals surface area contributed by atoms with Crippen molar-refractivity contribution >= 4 is 16.6 Å². The molecular formula is C20H23N3O4. The maximum atomic E-state index is 11.5. The third-order valence-corrected chi connectivity index (χ3v) is 4.42. The van der Waals surface area contributed by atoms with Crippen LogP contribution >= 0.6 is 0 Å². The van der Waals surface area contributed by atoms with Crippen LogP contribution in [0.1, 0.15) is 5.56 Å². The Labute approximate surface area is 157 Å². The Morgan fingerprint density at radius 3 is 2.67 bits per heavy atom. The zero-order valence-electron chi connectivity index (χ0n) is 15.2. The van der Waals surface area contributed by atoms with Crippen LogP contribution in [-0.4, -0.2) is 53.3 Å². The van der Waals surface area contributed by atoms with Gasteiger partial charge in [-0.2, -0.15) is 0 Å². The summed E-state index contributed by atoms with van der Waals surface area (Å²) in [6.07, 6.45) is 0. The van der Waals surface area contributed by atoms with Gasteiger partial charge in [0.05, 0.1) is 24.7 Å². The number of ether oxygens (including phenoxy) is 1. The summed E-state index contributed by atoms with van der Waals surface area (Å²) in [5, 5.41) is 21.2. The number of nitrogens with zero attached hydrogens (tertiary/aromatic N) is 2. The molecule has 3 aromatic rings. The largest absolute Gasteiger partial charge is 0.395 e. The number of nitro groups is 1. The molecule has 0 amide bonds. The van der Waals surface area contributed by atoms with E-state index in [2.05, 4.69) is 4.98 Å². The van der Waals surface area contributed by atoms with E-state index in [9.17, 15) is 10.1 Å². The van der Waals surface area contributed by atoms with Crippen LogP contribution in [0.4, 0.5) is 5.69 Å². The lowest BCUT2D eigenvalue weighted by Gasteiger charge is -2.14. The maximum absolute atomic E-state index is 11.5. The standard InChI is InChI=1S/C20H23N3O4/c1-22(7-9-24)8-10-27-14-15-11-17-13-18(16-5-3-2-4-6-16)21-20(17)19(12-15)23(25)26/h2-6,11-13,21,24H,7-10,14H2,1H3. The number of nitrogens with one attached hydrogen (secondary N) is 1. The molecule has 142 valence electrons. The molecule has 2 N–H and O–H groups in total. The highest BCUT2D eigenvalue weighted by Gasteiger charge is 2.17. The van der Waals surface area contributed by atoms with Gasteiger partial charge in [-0.3, -0.25) is 10.1 Å². The van der Waals surface area contributed by atoms with E-state index >= 15 is 0 Å². The van der Waals surface area contributed by atoms with E-state index in [1.807, 2.05) is 54.4 Å². The average molecular weight is 369 g/mol. The Kier molecular flexibility index (Phi) is 6.18. The number of non-ortho nitro benzene ring substituents is 1. The number of aromatic nitrogens is 1. The number of aliphatic hydroxyl groups is 1. The molecule has 0 radical (unpaired) electrons. The summed E-state index contributed by atoms with van der Waals surface area (Å²) in [5.74, 6) is 0. The fraction of sp³-hybridized carbons (Fsp3) is 0.300. The summed E-state index contributed by atoms with van der Waals surface area (Å²) in [7, 11) is 1.90. The number of hydrogen-bond acceptors (Lipinski definition) is 5. The van der Waals surface area contributed by atoms with Crippen molar-refractivity contribution in [2.75, 3.05) is 33.4 Å². The van der Waals surface area contributed by atoms with E-state index in [4.69, 9.17) is 9.84 Å². The van der Waals surface area contributed by atoms with Crippen LogP contribution in [0.2, 0.25) is 0 Å². The van der Waals surface area contributed by atoms with Crippen molar-refractivity contribution in [3.63, 3.8) is 0 Å². The zero-order valence-corrected chi connectivity index (χ0v) is 15.2. The third kappa shape index (κ3) is 4.71. The Balaban J connectivity index is 1.80. The molecule has 1 heterocycles. The van der Waals surface area contributed by atoms with Crippen LogP contribution in [0, 0.1) is 10.1 Å². The summed E-state index contributed by atoms with van der Waals surface area (Å²) < 4.78 is 5.66. The average Bonchev–Trinajstić information content (AvgIpc) is 3.09. The van der Waals surface area contributed by atoms with Gasteiger partial charge in [0.2, 0.25) is 0 Å². The number of hydrogen-bond donors (Lipinski definition) is 2. The first kappa shape index (κ1) is 19.0. The molecule has 2 aromatic carbocycles. The van der Waals surface area contributed by atoms with Crippen molar-refractivity contribution in [2.45, 2.75) is 6.61 Å². The molecule has 0 fully saturated rings. The number of benzene rings is 2. The summed E-state index contributed by atoms with van der Waals surface area (Å²) in [6.45, 7) is 2.18. The highest BCUT2D eigenvalue weighted by atomic mass is 16.6. The van der Waals surface area contributed by atoms with Gasteiger partial charge < -0.3 is 19.7 Å². The topological polar surface area (TPSA) is 91.6 Å². The summed E-state index contributed by atoms with van der Waals surface area (Å²) in [5.41, 5.74) is 3.15. The fourth-order valence-corrected chi connectivity index (χ4v) is 2.98. The second kappa shape index (κ2) is 8.77. The Morgan fingerprint density at radius 2 is 1.96 bits per heavy atom. The lowest BCUT2D eigenvalue weighted by atomic mass is 10.1. The highest BCUT2D eigenvalue weighted by molar-refractivity contribution is 5.92. The van der Waals surface area contributed by atoms with Crippen molar-refractivity contribution in [2.24, 2.45) is 0 Å². The minimum Gasteiger partial charge on any atom is -0.395 e. The van der Waals surface area contributed by atoms with Gasteiger partial charge in [-0.05, 0) is 30.3 Å². The Bertz CT molecular complexity index is 908. The van der Waals surface area contributed by atoms with Gasteiger partial charge in [0.1, 0.15) is 5.52 Å². The van der Waals surface area contributed by atoms with E-state index < -0.39 is 0 Å². The van der Waals surface area contributed by atoms with Gasteiger partial charge >= 0.3 is 0 Å². The summed E-state index contributed by atoms with van der Waals surface area (Å²) in [6, 6.07) is 15.1. The normalized spacial score (nSPS) is 11.4. The molecule has 0 aliphatic carbocycles. The molecule has 0 atom stereocenters. The van der Waals surface area contributed by atoms with Crippen molar-refractivity contribution in [3.8, 4) is 11.3 Å². The van der Waals surface area contributed by atoms with Crippen LogP contribution in [0.25, 0.3) is 22.2 Å². The number of likely N-dealkylation sites (N-methyl/N-ethyl adjacent to an activating group) is 1. The number of rotatable bonds is 9. The summed E-state index contributed by atoms with van der Waals surface area (Å²) >= 11 is 0. The van der Waals surface area contributed by atoms with Crippen LogP contribution in [0.5, 0.6) is 0 Å². The molecule has 0 unspecified atom stereocenters. The van der Waals surface area contributed by atoms with Gasteiger partial charge in [0, 0.05) is 30.2 Å². The first-order valence-electron chi connectivity index (χ1n) is 8.81. The molecule has 0 spiro atoms. The lowest BCUT2D eigenvalue weighted by molar-refractivity contribution is -0.383. The fourth-order valence-electron chi connectivity index (χ4n) is 2.98. The molecule has 7 heteroatoms. The predicted molar refractivity (Wildman–Crippen MR) is 105 cm³/mol. The second-order valence-electron chi connectivity index (χ2n) is 6.46. The smallest absolute Gasteiger partial charge is 0.293 e. The van der Waals surface area contributed by atoms with E-state index in [-0.39, 0.29) is 17.2 Å². The number of aromatic amines is 1. The van der Waals surface area contributed by atoms with Gasteiger partial charge in [-0.1, -0.05) is 30.3 Å². The SMILES string of the molecule is CN(CCO)CCOCc1cc([N+](=O)[O-])c2[nH]c(-c3ccccc3)cc2c1. The van der Waals surface area contributed by atoms with E-state index in [1.165, 1.54) is 0 Å². The van der Waals surface area contributed by atoms with Crippen molar-refractivity contribution < 1.29 is 14.8 Å². The Hall–Kier alpha value is -2.74. The minimum absolute atomic E-state index is 0.0469. The van der Waals surface area contributed by atoms with Crippen molar-refractivity contribution in [1.82, 2.24) is 9.88 Å². The molecule has 3 rings (SSSR count). The second-order valence-corrected chi connectivity index (χ2v) is 6.46. The number of aliphatic hydroxyl groups excluding tert-OH is 1. The summed E-state index contributed by atoms with van der Waals surface area (Å²) in [4.78, 5) is 16.3.